The van der Waals surface area contributed by atoms with E-state index in [4.69, 9.17) is 4.74 Å². The van der Waals surface area contributed by atoms with Crippen molar-refractivity contribution < 1.29 is 14.6 Å². The molecule has 0 spiro atoms. The number of rotatable bonds is 7. The molecule has 0 saturated carbocycles. The van der Waals surface area contributed by atoms with E-state index in [0.29, 0.717) is 0 Å². The van der Waals surface area contributed by atoms with Crippen LogP contribution in [0.1, 0.15) is 44.8 Å². The molecule has 134 valence electrons. The Hall–Kier alpha value is -1.59. The minimum Gasteiger partial charge on any atom is -0.497 e. The van der Waals surface area contributed by atoms with Gasteiger partial charge in [0.2, 0.25) is 5.91 Å². The number of aliphatic hydroxyl groups excluding tert-OH is 1. The molecule has 1 aliphatic heterocycles. The first kappa shape index (κ1) is 18.7. The van der Waals surface area contributed by atoms with Gasteiger partial charge in [0, 0.05) is 6.54 Å². The number of hydrogen-bond acceptors (Lipinski definition) is 4. The smallest absolute Gasteiger partial charge is 0.237 e. The van der Waals surface area contributed by atoms with Crippen LogP contribution in [0.3, 0.4) is 0 Å². The van der Waals surface area contributed by atoms with Crippen LogP contribution < -0.4 is 10.1 Å². The lowest BCUT2D eigenvalue weighted by Crippen LogP contribution is -2.52. The van der Waals surface area contributed by atoms with Crippen molar-refractivity contribution in [1.29, 1.82) is 0 Å². The monoisotopic (exact) mass is 334 g/mol. The summed E-state index contributed by atoms with van der Waals surface area (Å²) in [6, 6.07) is 7.14. The maximum Gasteiger partial charge on any atom is 0.237 e. The summed E-state index contributed by atoms with van der Waals surface area (Å²) in [6.45, 7) is 6.36. The molecule has 1 aromatic carbocycles. The lowest BCUT2D eigenvalue weighted by Gasteiger charge is -2.36. The molecule has 0 aliphatic carbocycles. The van der Waals surface area contributed by atoms with Crippen LogP contribution in [0.2, 0.25) is 0 Å². The van der Waals surface area contributed by atoms with Crippen molar-refractivity contribution in [2.75, 3.05) is 26.7 Å². The number of nitrogens with one attached hydrogen (secondary N) is 1. The second-order valence-electron chi connectivity index (χ2n) is 6.82. The fraction of sp³-hybridized carbons (Fsp3) is 0.632. The van der Waals surface area contributed by atoms with E-state index in [9.17, 15) is 9.90 Å². The van der Waals surface area contributed by atoms with Crippen molar-refractivity contribution in [1.82, 2.24) is 10.2 Å². The molecular formula is C19H30N2O3. The maximum atomic E-state index is 12.6. The van der Waals surface area contributed by atoms with Crippen LogP contribution in [0.25, 0.3) is 0 Å². The zero-order chi connectivity index (χ0) is 17.5. The summed E-state index contributed by atoms with van der Waals surface area (Å²) in [7, 11) is 1.61. The molecule has 0 aromatic heterocycles. The SMILES string of the molecule is COc1ccc(C(O)CNC(=O)C(C(C)C)N2CCCCC2)cc1. The average molecular weight is 334 g/mol. The highest BCUT2D eigenvalue weighted by atomic mass is 16.5. The van der Waals surface area contributed by atoms with Crippen LogP contribution in [0.5, 0.6) is 5.75 Å². The number of carbonyl (C=O) groups is 1. The van der Waals surface area contributed by atoms with Gasteiger partial charge in [0.1, 0.15) is 5.75 Å². The molecule has 24 heavy (non-hydrogen) atoms. The molecular weight excluding hydrogens is 304 g/mol. The summed E-state index contributed by atoms with van der Waals surface area (Å²) in [6.07, 6.45) is 2.85. The van der Waals surface area contributed by atoms with Crippen LogP contribution in [0.15, 0.2) is 24.3 Å². The fourth-order valence-corrected chi connectivity index (χ4v) is 3.33. The van der Waals surface area contributed by atoms with Crippen LogP contribution in [-0.4, -0.2) is 48.7 Å². The van der Waals surface area contributed by atoms with E-state index in [1.54, 1.807) is 7.11 Å². The van der Waals surface area contributed by atoms with Crippen molar-refractivity contribution in [2.24, 2.45) is 5.92 Å². The third-order valence-corrected chi connectivity index (χ3v) is 4.65. The highest BCUT2D eigenvalue weighted by Crippen LogP contribution is 2.19. The van der Waals surface area contributed by atoms with Gasteiger partial charge in [-0.3, -0.25) is 9.69 Å². The fourth-order valence-electron chi connectivity index (χ4n) is 3.33. The third kappa shape index (κ3) is 4.95. The second-order valence-corrected chi connectivity index (χ2v) is 6.82. The van der Waals surface area contributed by atoms with Crippen molar-refractivity contribution in [3.8, 4) is 5.75 Å². The molecule has 5 nitrogen and oxygen atoms in total. The van der Waals surface area contributed by atoms with Gasteiger partial charge in [-0.05, 0) is 49.5 Å². The number of hydrogen-bond donors (Lipinski definition) is 2. The van der Waals surface area contributed by atoms with E-state index < -0.39 is 6.10 Å². The number of amides is 1. The summed E-state index contributed by atoms with van der Waals surface area (Å²) in [5.41, 5.74) is 0.773. The first-order chi connectivity index (χ1) is 11.5. The molecule has 1 fully saturated rings. The normalized spacial score (nSPS) is 18.2. The van der Waals surface area contributed by atoms with Gasteiger partial charge in [0.15, 0.2) is 0 Å². The number of nitrogens with zero attached hydrogens (tertiary/aromatic N) is 1. The number of piperidine rings is 1. The molecule has 0 bridgehead atoms. The van der Waals surface area contributed by atoms with E-state index in [-0.39, 0.29) is 24.4 Å². The number of ether oxygens (including phenoxy) is 1. The minimum absolute atomic E-state index is 0.0134. The van der Waals surface area contributed by atoms with Crippen molar-refractivity contribution in [3.63, 3.8) is 0 Å². The lowest BCUT2D eigenvalue weighted by molar-refractivity contribution is -0.129. The zero-order valence-electron chi connectivity index (χ0n) is 15.0. The van der Waals surface area contributed by atoms with Crippen molar-refractivity contribution in [2.45, 2.75) is 45.3 Å². The van der Waals surface area contributed by atoms with Gasteiger partial charge in [0.25, 0.3) is 0 Å². The third-order valence-electron chi connectivity index (χ3n) is 4.65. The Bertz CT molecular complexity index is 510. The van der Waals surface area contributed by atoms with Crippen LogP contribution >= 0.6 is 0 Å². The van der Waals surface area contributed by atoms with Crippen LogP contribution in [0, 0.1) is 5.92 Å². The van der Waals surface area contributed by atoms with Crippen molar-refractivity contribution in [3.05, 3.63) is 29.8 Å². The summed E-state index contributed by atoms with van der Waals surface area (Å²) < 4.78 is 5.12. The van der Waals surface area contributed by atoms with Gasteiger partial charge in [-0.15, -0.1) is 0 Å². The Kier molecular flexibility index (Phi) is 7.06. The number of aliphatic hydroxyl groups is 1. The van der Waals surface area contributed by atoms with Gasteiger partial charge >= 0.3 is 0 Å². The quantitative estimate of drug-likeness (QED) is 0.803. The topological polar surface area (TPSA) is 61.8 Å². The summed E-state index contributed by atoms with van der Waals surface area (Å²) >= 11 is 0. The van der Waals surface area contributed by atoms with Gasteiger partial charge in [-0.2, -0.15) is 0 Å². The summed E-state index contributed by atoms with van der Waals surface area (Å²) in [4.78, 5) is 14.9. The number of carbonyl (C=O) groups excluding carboxylic acids is 1. The van der Waals surface area contributed by atoms with Gasteiger partial charge < -0.3 is 15.2 Å². The Balaban J connectivity index is 1.91. The molecule has 1 heterocycles. The Morgan fingerprint density at radius 3 is 2.38 bits per heavy atom. The number of benzene rings is 1. The highest BCUT2D eigenvalue weighted by Gasteiger charge is 2.29. The first-order valence-electron chi connectivity index (χ1n) is 8.86. The number of likely N-dealkylation sites (tertiary alicyclic amines) is 1. The molecule has 1 aliphatic rings. The maximum absolute atomic E-state index is 12.6. The Morgan fingerprint density at radius 1 is 1.21 bits per heavy atom. The molecule has 5 heteroatoms. The van der Waals surface area contributed by atoms with E-state index in [1.165, 1.54) is 6.42 Å². The lowest BCUT2D eigenvalue weighted by atomic mass is 9.98. The zero-order valence-corrected chi connectivity index (χ0v) is 15.0. The number of methoxy groups -OCH3 is 1. The van der Waals surface area contributed by atoms with Crippen molar-refractivity contribution >= 4 is 5.91 Å². The predicted molar refractivity (Wildman–Crippen MR) is 95.0 cm³/mol. The Morgan fingerprint density at radius 2 is 1.83 bits per heavy atom. The van der Waals surface area contributed by atoms with E-state index in [0.717, 1.165) is 37.2 Å². The van der Waals surface area contributed by atoms with E-state index >= 15 is 0 Å². The average Bonchev–Trinajstić information content (AvgIpc) is 2.60. The molecule has 2 N–H and O–H groups in total. The molecule has 1 aromatic rings. The van der Waals surface area contributed by atoms with Crippen LogP contribution in [0.4, 0.5) is 0 Å². The van der Waals surface area contributed by atoms with Gasteiger partial charge in [-0.1, -0.05) is 32.4 Å². The minimum atomic E-state index is -0.714. The molecule has 2 atom stereocenters. The standard InChI is InChI=1S/C19H30N2O3/c1-14(2)18(21-11-5-4-6-12-21)19(23)20-13-17(22)15-7-9-16(24-3)10-8-15/h7-10,14,17-18,22H,4-6,11-13H2,1-3H3,(H,20,23). The largest absolute Gasteiger partial charge is 0.497 e. The van der Waals surface area contributed by atoms with E-state index in [1.807, 2.05) is 24.3 Å². The molecule has 1 saturated heterocycles. The van der Waals surface area contributed by atoms with Gasteiger partial charge in [0.05, 0.1) is 19.3 Å². The summed E-state index contributed by atoms with van der Waals surface area (Å²) in [5.74, 6) is 1.01. The molecule has 2 rings (SSSR count). The molecule has 0 radical (unpaired) electrons. The predicted octanol–water partition coefficient (Wildman–Crippen LogP) is 2.36. The van der Waals surface area contributed by atoms with Crippen LogP contribution in [-0.2, 0) is 4.79 Å². The van der Waals surface area contributed by atoms with Gasteiger partial charge in [-0.25, -0.2) is 0 Å². The highest BCUT2D eigenvalue weighted by molar-refractivity contribution is 5.82. The summed E-state index contributed by atoms with van der Waals surface area (Å²) in [5, 5.41) is 13.2. The molecule has 2 unspecified atom stereocenters. The molecule has 1 amide bonds. The second kappa shape index (κ2) is 9.04. The Labute approximate surface area is 145 Å². The first-order valence-corrected chi connectivity index (χ1v) is 8.86. The van der Waals surface area contributed by atoms with E-state index in [2.05, 4.69) is 24.1 Å².